The van der Waals surface area contributed by atoms with Gasteiger partial charge in [-0.05, 0) is 31.9 Å². The van der Waals surface area contributed by atoms with Gasteiger partial charge in [0.2, 0.25) is 0 Å². The van der Waals surface area contributed by atoms with Crippen LogP contribution in [0.1, 0.15) is 136 Å². The Balaban J connectivity index is 4.20. The standard InChI is InChI=1S/C27H55O6PS/c1-4-6-8-10-12-13-15-17-19-24-35-26(21-18-16-14-11-9-7-5-2)25(3)32-22-20-23-33-34(30,31)27(28)29/h25-26H,4-24H2,1-3H3,(H,28,29)(H,30,31). The second-order valence-corrected chi connectivity index (χ2v) is 12.7. The Bertz CT molecular complexity index is 534. The Morgan fingerprint density at radius 3 is 1.77 bits per heavy atom. The topological polar surface area (TPSA) is 93.1 Å². The van der Waals surface area contributed by atoms with Crippen molar-refractivity contribution in [1.82, 2.24) is 0 Å². The minimum atomic E-state index is -4.55. The molecule has 0 aliphatic heterocycles. The lowest BCUT2D eigenvalue weighted by Crippen LogP contribution is -2.25. The number of thioether (sulfide) groups is 1. The van der Waals surface area contributed by atoms with Crippen LogP contribution in [0.25, 0.3) is 0 Å². The zero-order valence-corrected chi connectivity index (χ0v) is 24.6. The van der Waals surface area contributed by atoms with Gasteiger partial charge in [-0.1, -0.05) is 110 Å². The van der Waals surface area contributed by atoms with Gasteiger partial charge in [-0.15, -0.1) is 0 Å². The maximum Gasteiger partial charge on any atom is 0.435 e. The summed E-state index contributed by atoms with van der Waals surface area (Å²) >= 11 is 2.03. The smallest absolute Gasteiger partial charge is 0.435 e. The summed E-state index contributed by atoms with van der Waals surface area (Å²) in [5.41, 5.74) is -1.81. The molecule has 0 bridgehead atoms. The normalized spacial score (nSPS) is 15.1. The second kappa shape index (κ2) is 24.3. The summed E-state index contributed by atoms with van der Waals surface area (Å²) < 4.78 is 21.9. The fourth-order valence-corrected chi connectivity index (χ4v) is 5.93. The molecular formula is C27H55O6PS. The lowest BCUT2D eigenvalue weighted by Gasteiger charge is -2.24. The number of ether oxygens (including phenoxy) is 1. The lowest BCUT2D eigenvalue weighted by atomic mass is 10.1. The highest BCUT2D eigenvalue weighted by atomic mass is 32.2. The second-order valence-electron chi connectivity index (χ2n) is 9.71. The van der Waals surface area contributed by atoms with E-state index in [0.717, 1.165) is 6.42 Å². The van der Waals surface area contributed by atoms with E-state index in [2.05, 4.69) is 25.3 Å². The predicted octanol–water partition coefficient (Wildman–Crippen LogP) is 9.43. The van der Waals surface area contributed by atoms with Crippen LogP contribution in [0.4, 0.5) is 4.79 Å². The third-order valence-electron chi connectivity index (χ3n) is 6.37. The number of carbonyl (C=O) groups is 1. The van der Waals surface area contributed by atoms with Gasteiger partial charge < -0.3 is 19.3 Å². The van der Waals surface area contributed by atoms with E-state index in [9.17, 15) is 14.3 Å². The third kappa shape index (κ3) is 21.7. The van der Waals surface area contributed by atoms with Crippen LogP contribution >= 0.6 is 19.4 Å². The van der Waals surface area contributed by atoms with E-state index in [-0.39, 0.29) is 12.7 Å². The SMILES string of the molecule is CCCCCCCCCCCSC(CCCCCCCCC)C(C)OCCCOP(=O)(O)C(=O)O. The van der Waals surface area contributed by atoms with Crippen LogP contribution in [0.5, 0.6) is 0 Å². The van der Waals surface area contributed by atoms with Crippen LogP contribution in [0.3, 0.4) is 0 Å². The number of unbranched alkanes of at least 4 members (excludes halogenated alkanes) is 14. The molecule has 6 nitrogen and oxygen atoms in total. The van der Waals surface area contributed by atoms with Gasteiger partial charge in [-0.25, -0.2) is 9.36 Å². The van der Waals surface area contributed by atoms with E-state index >= 15 is 0 Å². The quantitative estimate of drug-likeness (QED) is 0.0794. The third-order valence-corrected chi connectivity index (χ3v) is 8.96. The highest BCUT2D eigenvalue weighted by Gasteiger charge is 2.29. The van der Waals surface area contributed by atoms with Crippen molar-refractivity contribution >= 4 is 25.1 Å². The molecule has 3 unspecified atom stereocenters. The number of rotatable bonds is 27. The summed E-state index contributed by atoms with van der Waals surface area (Å²) in [5.74, 6) is 1.17. The van der Waals surface area contributed by atoms with Crippen LogP contribution < -0.4 is 0 Å². The zero-order chi connectivity index (χ0) is 26.2. The van der Waals surface area contributed by atoms with E-state index in [1.165, 1.54) is 108 Å². The lowest BCUT2D eigenvalue weighted by molar-refractivity contribution is 0.0537. The van der Waals surface area contributed by atoms with Gasteiger partial charge in [0.25, 0.3) is 0 Å². The molecule has 210 valence electrons. The molecule has 0 aliphatic carbocycles. The molecule has 2 N–H and O–H groups in total. The molecule has 0 aliphatic rings. The Labute approximate surface area is 220 Å². The molecule has 0 heterocycles. The van der Waals surface area contributed by atoms with E-state index in [1.54, 1.807) is 0 Å². The molecule has 0 aromatic carbocycles. The van der Waals surface area contributed by atoms with Crippen molar-refractivity contribution in [2.45, 2.75) is 148 Å². The summed E-state index contributed by atoms with van der Waals surface area (Å²) in [6.07, 6.45) is 22.9. The monoisotopic (exact) mass is 538 g/mol. The zero-order valence-electron chi connectivity index (χ0n) is 22.9. The molecule has 0 aromatic heterocycles. The van der Waals surface area contributed by atoms with E-state index < -0.39 is 13.3 Å². The van der Waals surface area contributed by atoms with E-state index in [1.807, 2.05) is 11.8 Å². The van der Waals surface area contributed by atoms with Crippen LogP contribution in [0, 0.1) is 0 Å². The summed E-state index contributed by atoms with van der Waals surface area (Å²) in [7, 11) is -4.55. The molecule has 0 rings (SSSR count). The van der Waals surface area contributed by atoms with Gasteiger partial charge in [0.05, 0.1) is 12.7 Å². The summed E-state index contributed by atoms with van der Waals surface area (Å²) in [6.45, 7) is 6.92. The molecule has 0 saturated carbocycles. The number of hydrogen-bond donors (Lipinski definition) is 2. The van der Waals surface area contributed by atoms with Crippen molar-refractivity contribution in [2.75, 3.05) is 19.0 Å². The minimum Gasteiger partial charge on any atom is -0.472 e. The van der Waals surface area contributed by atoms with Gasteiger partial charge in [-0.2, -0.15) is 11.8 Å². The largest absolute Gasteiger partial charge is 0.472 e. The van der Waals surface area contributed by atoms with Crippen LogP contribution in [-0.2, 0) is 13.8 Å². The van der Waals surface area contributed by atoms with Crippen LogP contribution in [0.2, 0.25) is 0 Å². The molecule has 0 fully saturated rings. The minimum absolute atomic E-state index is 0.0964. The van der Waals surface area contributed by atoms with Crippen LogP contribution in [-0.4, -0.2) is 46.0 Å². The van der Waals surface area contributed by atoms with Crippen molar-refractivity contribution in [3.63, 3.8) is 0 Å². The fourth-order valence-electron chi connectivity index (χ4n) is 4.08. The molecule has 8 heteroatoms. The number of carboxylic acid groups (broad SMARTS) is 1. The maximum absolute atomic E-state index is 11.3. The highest BCUT2D eigenvalue weighted by molar-refractivity contribution is 7.99. The van der Waals surface area contributed by atoms with Crippen molar-refractivity contribution in [3.05, 3.63) is 0 Å². The first-order chi connectivity index (χ1) is 16.8. The molecule has 0 aromatic rings. The van der Waals surface area contributed by atoms with E-state index in [0.29, 0.717) is 18.3 Å². The van der Waals surface area contributed by atoms with E-state index in [4.69, 9.17) is 9.84 Å². The maximum atomic E-state index is 11.3. The Kier molecular flexibility index (Phi) is 24.2. The highest BCUT2D eigenvalue weighted by Crippen LogP contribution is 2.42. The summed E-state index contributed by atoms with van der Waals surface area (Å²) in [5, 5.41) is 9.09. The Morgan fingerprint density at radius 1 is 0.771 bits per heavy atom. The average molecular weight is 539 g/mol. The van der Waals surface area contributed by atoms with Crippen molar-refractivity contribution in [2.24, 2.45) is 0 Å². The first kappa shape index (κ1) is 34.9. The summed E-state index contributed by atoms with van der Waals surface area (Å²) in [4.78, 5) is 19.8. The molecule has 35 heavy (non-hydrogen) atoms. The molecule has 0 amide bonds. The van der Waals surface area contributed by atoms with Crippen molar-refractivity contribution < 1.29 is 28.6 Å². The number of hydrogen-bond acceptors (Lipinski definition) is 5. The van der Waals surface area contributed by atoms with Crippen LogP contribution in [0.15, 0.2) is 0 Å². The first-order valence-electron chi connectivity index (χ1n) is 14.3. The average Bonchev–Trinajstić information content (AvgIpc) is 2.82. The Morgan fingerprint density at radius 2 is 1.26 bits per heavy atom. The molecule has 0 saturated heterocycles. The summed E-state index contributed by atoms with van der Waals surface area (Å²) in [6, 6.07) is 0. The first-order valence-corrected chi connectivity index (χ1v) is 16.9. The van der Waals surface area contributed by atoms with Gasteiger partial charge in [0.1, 0.15) is 0 Å². The molecule has 0 spiro atoms. The predicted molar refractivity (Wildman–Crippen MR) is 150 cm³/mol. The van der Waals surface area contributed by atoms with Crippen molar-refractivity contribution in [3.8, 4) is 0 Å². The molecule has 0 radical (unpaired) electrons. The fraction of sp³-hybridized carbons (Fsp3) is 0.963. The van der Waals surface area contributed by atoms with Gasteiger partial charge in [0, 0.05) is 11.9 Å². The van der Waals surface area contributed by atoms with Gasteiger partial charge >= 0.3 is 13.3 Å². The van der Waals surface area contributed by atoms with Gasteiger partial charge in [0.15, 0.2) is 0 Å². The Hall–Kier alpha value is -0.0700. The molecule has 3 atom stereocenters. The van der Waals surface area contributed by atoms with Crippen molar-refractivity contribution in [1.29, 1.82) is 0 Å². The van der Waals surface area contributed by atoms with Gasteiger partial charge in [-0.3, -0.25) is 0 Å². The molecular weight excluding hydrogens is 483 g/mol.